The molecule has 4 aliphatic rings. The van der Waals surface area contributed by atoms with Gasteiger partial charge >= 0.3 is 0 Å². The molecular weight excluding hydrogens is 920 g/mol. The van der Waals surface area contributed by atoms with Crippen molar-refractivity contribution in [3.63, 3.8) is 0 Å². The van der Waals surface area contributed by atoms with Crippen LogP contribution in [0.1, 0.15) is 0 Å². The van der Waals surface area contributed by atoms with E-state index in [9.17, 15) is 0 Å². The predicted molar refractivity (Wildman–Crippen MR) is 305 cm³/mol. The smallest absolute Gasteiger partial charge is 0.260 e. The Morgan fingerprint density at radius 3 is 1.01 bits per heavy atom. The summed E-state index contributed by atoms with van der Waals surface area (Å²) < 4.78 is 35.4. The van der Waals surface area contributed by atoms with E-state index < -0.39 is 0 Å². The van der Waals surface area contributed by atoms with Gasteiger partial charge in [0.2, 0.25) is 0 Å². The highest BCUT2D eigenvalue weighted by Gasteiger charge is 2.43. The van der Waals surface area contributed by atoms with Crippen molar-refractivity contribution in [3.8, 4) is 57.4 Å². The molecule has 0 fully saturated rings. The van der Waals surface area contributed by atoms with Crippen molar-refractivity contribution < 1.29 is 18.9 Å². The average Bonchev–Trinajstić information content (AvgIpc) is 4.18. The molecule has 8 heterocycles. The predicted octanol–water partition coefficient (Wildman–Crippen LogP) is 12.5. The quantitative estimate of drug-likeness (QED) is 0.162. The lowest BCUT2D eigenvalue weighted by molar-refractivity contribution is 0.464. The molecule has 15 aromatic rings. The molecule has 0 atom stereocenters. The molecule has 11 aromatic carbocycles. The molecule has 0 saturated heterocycles. The molecule has 0 bridgehead atoms. The first kappa shape index (κ1) is 38.8. The first-order valence-corrected chi connectivity index (χ1v) is 25.7. The Balaban J connectivity index is 0.832. The fourth-order valence-corrected chi connectivity index (χ4v) is 14.0. The van der Waals surface area contributed by atoms with Gasteiger partial charge in [-0.05, 0) is 58.2 Å². The number of hydrogen-bond donors (Lipinski definition) is 0. The number of benzene rings is 11. The highest BCUT2D eigenvalue weighted by atomic mass is 16.5. The van der Waals surface area contributed by atoms with Gasteiger partial charge in [-0.3, -0.25) is 0 Å². The monoisotopic (exact) mass is 955 g/mol. The average molecular weight is 956 g/mol. The molecular formula is C66H35B2N3O4. The molecule has 0 aliphatic carbocycles. The summed E-state index contributed by atoms with van der Waals surface area (Å²) in [4.78, 5) is 0. The van der Waals surface area contributed by atoms with Crippen molar-refractivity contribution in [3.05, 3.63) is 212 Å². The van der Waals surface area contributed by atoms with E-state index in [4.69, 9.17) is 18.9 Å². The Hall–Kier alpha value is -9.85. The third kappa shape index (κ3) is 4.84. The number of ether oxygens (including phenoxy) is 4. The van der Waals surface area contributed by atoms with Crippen molar-refractivity contribution in [1.29, 1.82) is 0 Å². The van der Waals surface area contributed by atoms with E-state index in [1.807, 2.05) is 0 Å². The maximum atomic E-state index is 7.27. The molecule has 0 unspecified atom stereocenters. The third-order valence-corrected chi connectivity index (χ3v) is 17.0. The number of nitrogens with zero attached hydrogens (tertiary/aromatic N) is 3. The van der Waals surface area contributed by atoms with Gasteiger partial charge in [0.15, 0.2) is 0 Å². The van der Waals surface area contributed by atoms with Gasteiger partial charge in [0, 0.05) is 90.4 Å². The molecule has 0 N–H and O–H groups in total. The van der Waals surface area contributed by atoms with E-state index in [1.165, 1.54) is 48.6 Å². The van der Waals surface area contributed by atoms with Crippen LogP contribution in [0.25, 0.3) is 93.1 Å². The lowest BCUT2D eigenvalue weighted by Crippen LogP contribution is -2.57. The largest absolute Gasteiger partial charge is 0.458 e. The summed E-state index contributed by atoms with van der Waals surface area (Å²) in [5, 5.41) is 9.58. The first-order valence-electron chi connectivity index (χ1n) is 25.7. The lowest BCUT2D eigenvalue weighted by atomic mass is 9.34. The van der Waals surface area contributed by atoms with Crippen LogP contribution in [0.15, 0.2) is 212 Å². The Morgan fingerprint density at radius 2 is 0.600 bits per heavy atom. The number of aromatic nitrogens is 3. The number of rotatable bonds is 2. The van der Waals surface area contributed by atoms with E-state index in [0.29, 0.717) is 0 Å². The van der Waals surface area contributed by atoms with Crippen LogP contribution >= 0.6 is 0 Å². The van der Waals surface area contributed by atoms with Crippen LogP contribution in [-0.4, -0.2) is 27.0 Å². The van der Waals surface area contributed by atoms with Crippen LogP contribution < -0.4 is 51.7 Å². The zero-order chi connectivity index (χ0) is 48.4. The Morgan fingerprint density at radius 1 is 0.253 bits per heavy atom. The van der Waals surface area contributed by atoms with E-state index in [-0.39, 0.29) is 13.4 Å². The van der Waals surface area contributed by atoms with Crippen LogP contribution in [0.3, 0.4) is 0 Å². The van der Waals surface area contributed by atoms with Crippen LogP contribution in [-0.2, 0) is 0 Å². The minimum Gasteiger partial charge on any atom is -0.458 e. The second-order valence-corrected chi connectivity index (χ2v) is 20.7. The lowest BCUT2D eigenvalue weighted by Gasteiger charge is -2.33. The standard InChI is InChI=1S/C66H35B2N3O4/c1-7-22-50-38(14-1)39-15-2-8-23-51(39)69(50)36-28-60-64-62(30-36)74-58-34-54-44(32-48(58)67(64)46-20-5-11-26-56(46)72-60)42-18-13-19-43-45-33-49-59(35-55(45)71(54)66(42)43)75-63-31-37(29-61-65(63)68(49)47-21-6-12-27-57(47)73-61)70-52-24-9-3-16-40(52)41-17-4-10-25-53(41)70/h1-35H. The zero-order valence-electron chi connectivity index (χ0n) is 39.8. The molecule has 0 radical (unpaired) electrons. The second kappa shape index (κ2) is 13.6. The van der Waals surface area contributed by atoms with Crippen LogP contribution in [0, 0.1) is 0 Å². The molecule has 9 heteroatoms. The van der Waals surface area contributed by atoms with Gasteiger partial charge in [-0.25, -0.2) is 0 Å². The van der Waals surface area contributed by atoms with E-state index in [0.717, 1.165) is 123 Å². The van der Waals surface area contributed by atoms with Gasteiger partial charge in [-0.15, -0.1) is 0 Å². The maximum absolute atomic E-state index is 7.27. The highest BCUT2D eigenvalue weighted by molar-refractivity contribution is 6.99. The van der Waals surface area contributed by atoms with Crippen molar-refractivity contribution in [1.82, 2.24) is 13.5 Å². The molecule has 75 heavy (non-hydrogen) atoms. The Kier molecular flexibility index (Phi) is 7.03. The van der Waals surface area contributed by atoms with Gasteiger partial charge in [-0.1, -0.05) is 140 Å². The number of hydrogen-bond acceptors (Lipinski definition) is 4. The summed E-state index contributed by atoms with van der Waals surface area (Å²) in [6.07, 6.45) is 0. The Labute approximate surface area is 428 Å². The highest BCUT2D eigenvalue weighted by Crippen LogP contribution is 2.46. The molecule has 0 spiro atoms. The minimum atomic E-state index is -0.0998. The maximum Gasteiger partial charge on any atom is 0.260 e. The molecule has 0 saturated carbocycles. The van der Waals surface area contributed by atoms with Crippen LogP contribution in [0.5, 0.6) is 46.0 Å². The van der Waals surface area contributed by atoms with Gasteiger partial charge in [0.25, 0.3) is 13.4 Å². The van der Waals surface area contributed by atoms with Crippen molar-refractivity contribution in [2.24, 2.45) is 0 Å². The minimum absolute atomic E-state index is 0.0998. The Bertz CT molecular complexity index is 4710. The fourth-order valence-electron chi connectivity index (χ4n) is 14.0. The van der Waals surface area contributed by atoms with Gasteiger partial charge in [0.1, 0.15) is 46.0 Å². The normalized spacial score (nSPS) is 13.7. The first-order chi connectivity index (χ1) is 37.2. The molecule has 7 nitrogen and oxygen atoms in total. The second-order valence-electron chi connectivity index (χ2n) is 20.7. The molecule has 4 aliphatic heterocycles. The SMILES string of the molecule is c1ccc2c(c1)Oc1cc(-n3c4ccccc4c4ccccc43)cc3c1B2c1cc2c4cccc5c6cc7c(cc6n(c2cc1O3)c45)Oc1cc(-n2c3ccccc3c3ccccc32)cc2c1B7c1ccccc1O2. The van der Waals surface area contributed by atoms with Gasteiger partial charge < -0.3 is 32.5 Å². The van der Waals surface area contributed by atoms with Crippen molar-refractivity contribution in [2.75, 3.05) is 0 Å². The van der Waals surface area contributed by atoms with Crippen molar-refractivity contribution >= 4 is 128 Å². The summed E-state index contributed by atoms with van der Waals surface area (Å²) >= 11 is 0. The molecule has 0 amide bonds. The summed E-state index contributed by atoms with van der Waals surface area (Å²) in [5.41, 5.74) is 16.5. The van der Waals surface area contributed by atoms with Crippen LogP contribution in [0.4, 0.5) is 0 Å². The summed E-state index contributed by atoms with van der Waals surface area (Å²) in [7, 11) is 0. The molecule has 4 aromatic heterocycles. The molecule has 344 valence electrons. The topological polar surface area (TPSA) is 51.2 Å². The van der Waals surface area contributed by atoms with E-state index in [2.05, 4.69) is 226 Å². The number of para-hydroxylation sites is 7. The number of fused-ring (bicyclic) bond motifs is 20. The summed E-state index contributed by atoms with van der Waals surface area (Å²) in [6, 6.07) is 76.4. The van der Waals surface area contributed by atoms with E-state index in [1.54, 1.807) is 0 Å². The zero-order valence-corrected chi connectivity index (χ0v) is 39.8. The van der Waals surface area contributed by atoms with Gasteiger partial charge in [-0.2, -0.15) is 0 Å². The molecule has 19 rings (SSSR count). The van der Waals surface area contributed by atoms with Crippen molar-refractivity contribution in [2.45, 2.75) is 0 Å². The van der Waals surface area contributed by atoms with Gasteiger partial charge in [0.05, 0.1) is 50.0 Å². The fraction of sp³-hybridized carbons (Fsp3) is 0. The summed E-state index contributed by atoms with van der Waals surface area (Å²) in [6.45, 7) is -0.200. The third-order valence-electron chi connectivity index (χ3n) is 17.0. The van der Waals surface area contributed by atoms with Crippen LogP contribution in [0.2, 0.25) is 0 Å². The summed E-state index contributed by atoms with van der Waals surface area (Å²) in [5.74, 6) is 6.62. The van der Waals surface area contributed by atoms with E-state index >= 15 is 0 Å².